The fourth-order valence-electron chi connectivity index (χ4n) is 1.83. The monoisotopic (exact) mass is 366 g/mol. The lowest BCUT2D eigenvalue weighted by Crippen LogP contribution is -2.16. The van der Waals surface area contributed by atoms with E-state index in [1.807, 2.05) is 49.4 Å². The van der Waals surface area contributed by atoms with Gasteiger partial charge in [0.2, 0.25) is 5.91 Å². The van der Waals surface area contributed by atoms with Crippen molar-refractivity contribution in [1.82, 2.24) is 0 Å². The van der Waals surface area contributed by atoms with Crippen molar-refractivity contribution in [2.45, 2.75) is 13.3 Å². The molecule has 0 heterocycles. The Labute approximate surface area is 137 Å². The van der Waals surface area contributed by atoms with Gasteiger partial charge in [0.1, 0.15) is 0 Å². The maximum atomic E-state index is 11.9. The van der Waals surface area contributed by atoms with E-state index in [9.17, 15) is 4.79 Å². The molecule has 2 N–H and O–H groups in total. The molecule has 0 saturated heterocycles. The molecule has 0 unspecified atom stereocenters. The Morgan fingerprint density at radius 2 is 1.81 bits per heavy atom. The Balaban J connectivity index is 1.79. The van der Waals surface area contributed by atoms with Gasteiger partial charge in [-0.25, -0.2) is 0 Å². The van der Waals surface area contributed by atoms with Crippen LogP contribution >= 0.6 is 27.5 Å². The third-order valence-corrected chi connectivity index (χ3v) is 4.11. The van der Waals surface area contributed by atoms with E-state index in [-0.39, 0.29) is 5.91 Å². The lowest BCUT2D eigenvalue weighted by atomic mass is 10.2. The van der Waals surface area contributed by atoms with Gasteiger partial charge in [-0.2, -0.15) is 0 Å². The van der Waals surface area contributed by atoms with E-state index >= 15 is 0 Å². The molecule has 0 bridgehead atoms. The maximum absolute atomic E-state index is 11.9. The molecule has 0 aliphatic rings. The van der Waals surface area contributed by atoms with Crippen molar-refractivity contribution in [3.63, 3.8) is 0 Å². The highest BCUT2D eigenvalue weighted by Gasteiger charge is 2.03. The molecule has 0 saturated carbocycles. The molecule has 1 amide bonds. The van der Waals surface area contributed by atoms with Crippen LogP contribution in [0.2, 0.25) is 5.02 Å². The van der Waals surface area contributed by atoms with Crippen molar-refractivity contribution >= 4 is 44.8 Å². The molecule has 5 heteroatoms. The van der Waals surface area contributed by atoms with Crippen molar-refractivity contribution in [3.05, 3.63) is 57.5 Å². The van der Waals surface area contributed by atoms with E-state index in [4.69, 9.17) is 11.6 Å². The summed E-state index contributed by atoms with van der Waals surface area (Å²) in [5.41, 5.74) is 2.85. The molecule has 2 rings (SSSR count). The minimum Gasteiger partial charge on any atom is -0.385 e. The van der Waals surface area contributed by atoms with Gasteiger partial charge in [0.15, 0.2) is 0 Å². The Morgan fingerprint density at radius 3 is 2.48 bits per heavy atom. The molecule has 0 atom stereocenters. The van der Waals surface area contributed by atoms with Crippen LogP contribution in [0.5, 0.6) is 0 Å². The first-order valence-electron chi connectivity index (χ1n) is 6.60. The second-order valence-corrected chi connectivity index (χ2v) is 5.99. The van der Waals surface area contributed by atoms with E-state index in [0.717, 1.165) is 21.4 Å². The zero-order valence-electron chi connectivity index (χ0n) is 11.6. The fourth-order valence-corrected chi connectivity index (χ4v) is 2.21. The van der Waals surface area contributed by atoms with Gasteiger partial charge in [-0.15, -0.1) is 0 Å². The number of anilines is 2. The summed E-state index contributed by atoms with van der Waals surface area (Å²) < 4.78 is 1.03. The molecule has 0 aromatic heterocycles. The van der Waals surface area contributed by atoms with Crippen LogP contribution in [0.1, 0.15) is 12.0 Å². The highest BCUT2D eigenvalue weighted by molar-refractivity contribution is 9.10. The Kier molecular flexibility index (Phi) is 5.65. The maximum Gasteiger partial charge on any atom is 0.226 e. The zero-order chi connectivity index (χ0) is 15.2. The van der Waals surface area contributed by atoms with Gasteiger partial charge in [0.25, 0.3) is 0 Å². The third-order valence-electron chi connectivity index (χ3n) is 2.97. The number of hydrogen-bond acceptors (Lipinski definition) is 2. The number of aryl methyl sites for hydroxylation is 1. The van der Waals surface area contributed by atoms with Crippen LogP contribution in [0.3, 0.4) is 0 Å². The van der Waals surface area contributed by atoms with Gasteiger partial charge in [-0.1, -0.05) is 27.5 Å². The van der Waals surface area contributed by atoms with Gasteiger partial charge < -0.3 is 10.6 Å². The fraction of sp³-hybridized carbons (Fsp3) is 0.188. The molecule has 110 valence electrons. The second-order valence-electron chi connectivity index (χ2n) is 4.70. The van der Waals surface area contributed by atoms with Crippen LogP contribution in [-0.2, 0) is 4.79 Å². The van der Waals surface area contributed by atoms with Crippen molar-refractivity contribution < 1.29 is 4.79 Å². The van der Waals surface area contributed by atoms with E-state index in [0.29, 0.717) is 18.0 Å². The predicted molar refractivity (Wildman–Crippen MR) is 92.1 cm³/mol. The summed E-state index contributed by atoms with van der Waals surface area (Å²) in [6.07, 6.45) is 0.401. The number of nitrogens with one attached hydrogen (secondary N) is 2. The zero-order valence-corrected chi connectivity index (χ0v) is 14.0. The first-order valence-corrected chi connectivity index (χ1v) is 7.77. The number of rotatable bonds is 5. The molecule has 2 aromatic rings. The van der Waals surface area contributed by atoms with Crippen molar-refractivity contribution in [3.8, 4) is 0 Å². The summed E-state index contributed by atoms with van der Waals surface area (Å²) in [4.78, 5) is 11.9. The standard InChI is InChI=1S/C16H16BrClN2O/c1-11-10-14(6-7-15(11)17)20-16(21)8-9-19-13-4-2-12(18)3-5-13/h2-7,10,19H,8-9H2,1H3,(H,20,21). The van der Waals surface area contributed by atoms with Gasteiger partial charge in [0, 0.05) is 33.8 Å². The van der Waals surface area contributed by atoms with Crippen LogP contribution < -0.4 is 10.6 Å². The van der Waals surface area contributed by atoms with Crippen LogP contribution in [0, 0.1) is 6.92 Å². The SMILES string of the molecule is Cc1cc(NC(=O)CCNc2ccc(Cl)cc2)ccc1Br. The number of carbonyl (C=O) groups excluding carboxylic acids is 1. The van der Waals surface area contributed by atoms with Crippen LogP contribution in [0.4, 0.5) is 11.4 Å². The lowest BCUT2D eigenvalue weighted by molar-refractivity contribution is -0.115. The molecule has 0 spiro atoms. The van der Waals surface area contributed by atoms with Gasteiger partial charge in [-0.05, 0) is 55.0 Å². The molecule has 3 nitrogen and oxygen atoms in total. The molecular formula is C16H16BrClN2O. The first-order chi connectivity index (χ1) is 10.0. The summed E-state index contributed by atoms with van der Waals surface area (Å²) in [7, 11) is 0. The summed E-state index contributed by atoms with van der Waals surface area (Å²) in [6, 6.07) is 13.1. The number of hydrogen-bond donors (Lipinski definition) is 2. The van der Waals surface area contributed by atoms with E-state index in [1.54, 1.807) is 0 Å². The molecule has 0 fully saturated rings. The van der Waals surface area contributed by atoms with E-state index < -0.39 is 0 Å². The minimum absolute atomic E-state index is 0.0156. The van der Waals surface area contributed by atoms with Crippen LogP contribution in [-0.4, -0.2) is 12.5 Å². The molecule has 0 aliphatic carbocycles. The Morgan fingerprint density at radius 1 is 1.14 bits per heavy atom. The van der Waals surface area contributed by atoms with E-state index in [2.05, 4.69) is 26.6 Å². The normalized spacial score (nSPS) is 10.2. The summed E-state index contributed by atoms with van der Waals surface area (Å²) >= 11 is 9.25. The average Bonchev–Trinajstić information content (AvgIpc) is 2.45. The van der Waals surface area contributed by atoms with Crippen molar-refractivity contribution in [2.75, 3.05) is 17.2 Å². The van der Waals surface area contributed by atoms with Crippen molar-refractivity contribution in [1.29, 1.82) is 0 Å². The van der Waals surface area contributed by atoms with Gasteiger partial charge in [-0.3, -0.25) is 4.79 Å². The number of halogens is 2. The lowest BCUT2D eigenvalue weighted by Gasteiger charge is -2.08. The summed E-state index contributed by atoms with van der Waals surface area (Å²) in [5.74, 6) is -0.0156. The highest BCUT2D eigenvalue weighted by atomic mass is 79.9. The third kappa shape index (κ3) is 5.06. The van der Waals surface area contributed by atoms with Crippen LogP contribution in [0.15, 0.2) is 46.9 Å². The smallest absolute Gasteiger partial charge is 0.226 e. The number of carbonyl (C=O) groups is 1. The van der Waals surface area contributed by atoms with Gasteiger partial charge in [0.05, 0.1) is 0 Å². The van der Waals surface area contributed by atoms with Crippen molar-refractivity contribution in [2.24, 2.45) is 0 Å². The largest absolute Gasteiger partial charge is 0.385 e. The van der Waals surface area contributed by atoms with E-state index in [1.165, 1.54) is 0 Å². The topological polar surface area (TPSA) is 41.1 Å². The molecule has 21 heavy (non-hydrogen) atoms. The number of benzene rings is 2. The molecule has 2 aromatic carbocycles. The Bertz CT molecular complexity index is 629. The molecular weight excluding hydrogens is 352 g/mol. The Hall–Kier alpha value is -1.52. The summed E-state index contributed by atoms with van der Waals surface area (Å²) in [6.45, 7) is 2.56. The molecule has 0 aliphatic heterocycles. The quantitative estimate of drug-likeness (QED) is 0.793. The highest BCUT2D eigenvalue weighted by Crippen LogP contribution is 2.20. The first kappa shape index (κ1) is 15.9. The predicted octanol–water partition coefficient (Wildman–Crippen LogP) is 4.85. The molecule has 0 radical (unpaired) electrons. The minimum atomic E-state index is -0.0156. The average molecular weight is 368 g/mol. The van der Waals surface area contributed by atoms with Crippen LogP contribution in [0.25, 0.3) is 0 Å². The number of amides is 1. The van der Waals surface area contributed by atoms with Gasteiger partial charge >= 0.3 is 0 Å². The summed E-state index contributed by atoms with van der Waals surface area (Å²) in [5, 5.41) is 6.76. The second kappa shape index (κ2) is 7.48.